The molecular weight excluding hydrogens is 322 g/mol. The molecule has 1 heterocycles. The van der Waals surface area contributed by atoms with Gasteiger partial charge in [0.1, 0.15) is 5.82 Å². The third-order valence-corrected chi connectivity index (χ3v) is 3.18. The number of amides is 1. The second-order valence-corrected chi connectivity index (χ2v) is 4.77. The van der Waals surface area contributed by atoms with Crippen LogP contribution in [0.2, 0.25) is 5.02 Å². The maximum atomic E-state index is 11.5. The van der Waals surface area contributed by atoms with Crippen molar-refractivity contribution in [3.05, 3.63) is 47.1 Å². The van der Waals surface area contributed by atoms with Crippen molar-refractivity contribution in [2.75, 3.05) is 24.9 Å². The monoisotopic (exact) mass is 335 g/mol. The van der Waals surface area contributed by atoms with Gasteiger partial charge in [-0.25, -0.2) is 14.6 Å². The van der Waals surface area contributed by atoms with Gasteiger partial charge in [0, 0.05) is 0 Å². The van der Waals surface area contributed by atoms with Crippen LogP contribution in [0.25, 0.3) is 0 Å². The second kappa shape index (κ2) is 7.46. The van der Waals surface area contributed by atoms with E-state index in [0.29, 0.717) is 27.8 Å². The molecule has 1 aromatic carbocycles. The minimum Gasteiger partial charge on any atom is -0.465 e. The van der Waals surface area contributed by atoms with E-state index in [1.807, 2.05) is 0 Å². The average Bonchev–Trinajstić information content (AvgIpc) is 2.57. The number of rotatable bonds is 4. The third kappa shape index (κ3) is 4.33. The molecule has 2 aromatic rings. The topological polar surface area (TPSA) is 89.6 Å². The van der Waals surface area contributed by atoms with E-state index in [1.54, 1.807) is 30.3 Å². The maximum Gasteiger partial charge on any atom is 0.412 e. The number of methoxy groups -OCH3 is 2. The molecule has 0 aliphatic rings. The van der Waals surface area contributed by atoms with Gasteiger partial charge in [-0.1, -0.05) is 11.6 Å². The molecule has 120 valence electrons. The smallest absolute Gasteiger partial charge is 0.412 e. The number of hydrogen-bond acceptors (Lipinski definition) is 6. The number of anilines is 3. The van der Waals surface area contributed by atoms with E-state index in [-0.39, 0.29) is 0 Å². The van der Waals surface area contributed by atoms with Gasteiger partial charge in [0.05, 0.1) is 42.4 Å². The fourth-order valence-corrected chi connectivity index (χ4v) is 1.88. The minimum absolute atomic E-state index is 0.344. The molecule has 0 aliphatic heterocycles. The Kier molecular flexibility index (Phi) is 5.37. The molecule has 0 saturated heterocycles. The summed E-state index contributed by atoms with van der Waals surface area (Å²) in [5.41, 5.74) is 1.53. The fourth-order valence-electron chi connectivity index (χ4n) is 1.72. The van der Waals surface area contributed by atoms with E-state index >= 15 is 0 Å². The third-order valence-electron chi connectivity index (χ3n) is 2.85. The lowest BCUT2D eigenvalue weighted by molar-refractivity contribution is 0.0600. The van der Waals surface area contributed by atoms with Crippen LogP contribution in [0.15, 0.2) is 36.5 Å². The standard InChI is InChI=1S/C15H14ClN3O4/c1-22-14(20)9-3-5-11(16)12(7-9)18-10-4-6-13(17-8-10)19-15(21)23-2/h3-8,18H,1-2H3,(H,17,19,21). The molecule has 2 N–H and O–H groups in total. The first kappa shape index (κ1) is 16.6. The van der Waals surface area contributed by atoms with Crippen LogP contribution in [-0.4, -0.2) is 31.3 Å². The number of nitrogens with one attached hydrogen (secondary N) is 2. The Morgan fingerprint density at radius 3 is 2.52 bits per heavy atom. The molecule has 23 heavy (non-hydrogen) atoms. The molecule has 7 nitrogen and oxygen atoms in total. The number of carbonyl (C=O) groups is 2. The van der Waals surface area contributed by atoms with Crippen molar-refractivity contribution in [1.82, 2.24) is 4.98 Å². The first-order valence-corrected chi connectivity index (χ1v) is 6.87. The van der Waals surface area contributed by atoms with E-state index in [2.05, 4.69) is 25.1 Å². The lowest BCUT2D eigenvalue weighted by atomic mass is 10.2. The van der Waals surface area contributed by atoms with E-state index < -0.39 is 12.1 Å². The summed E-state index contributed by atoms with van der Waals surface area (Å²) in [5.74, 6) is -0.114. The summed E-state index contributed by atoms with van der Waals surface area (Å²) in [4.78, 5) is 26.7. The summed E-state index contributed by atoms with van der Waals surface area (Å²) in [5, 5.41) is 5.92. The van der Waals surface area contributed by atoms with E-state index in [9.17, 15) is 9.59 Å². The predicted octanol–water partition coefficient (Wildman–Crippen LogP) is 3.44. The molecule has 8 heteroatoms. The zero-order valence-electron chi connectivity index (χ0n) is 12.4. The van der Waals surface area contributed by atoms with Crippen molar-refractivity contribution in [3.8, 4) is 0 Å². The van der Waals surface area contributed by atoms with Crippen LogP contribution in [0, 0.1) is 0 Å². The van der Waals surface area contributed by atoms with Gasteiger partial charge in [0.15, 0.2) is 0 Å². The highest BCUT2D eigenvalue weighted by molar-refractivity contribution is 6.33. The van der Waals surface area contributed by atoms with Gasteiger partial charge in [-0.2, -0.15) is 0 Å². The van der Waals surface area contributed by atoms with Crippen molar-refractivity contribution < 1.29 is 19.1 Å². The number of nitrogens with zero attached hydrogens (tertiary/aromatic N) is 1. The lowest BCUT2D eigenvalue weighted by Gasteiger charge is -2.10. The number of aromatic nitrogens is 1. The summed E-state index contributed by atoms with van der Waals surface area (Å²) in [6.45, 7) is 0. The summed E-state index contributed by atoms with van der Waals surface area (Å²) in [6, 6.07) is 8.03. The number of carbonyl (C=O) groups excluding carboxylic acids is 2. The number of ether oxygens (including phenoxy) is 2. The lowest BCUT2D eigenvalue weighted by Crippen LogP contribution is -2.11. The number of esters is 1. The molecular formula is C15H14ClN3O4. The Hall–Kier alpha value is -2.80. The van der Waals surface area contributed by atoms with Crippen LogP contribution in [-0.2, 0) is 9.47 Å². The zero-order valence-corrected chi connectivity index (χ0v) is 13.2. The van der Waals surface area contributed by atoms with Crippen molar-refractivity contribution in [2.24, 2.45) is 0 Å². The van der Waals surface area contributed by atoms with Crippen molar-refractivity contribution in [1.29, 1.82) is 0 Å². The van der Waals surface area contributed by atoms with Crippen LogP contribution < -0.4 is 10.6 Å². The summed E-state index contributed by atoms with van der Waals surface area (Å²) in [7, 11) is 2.57. The summed E-state index contributed by atoms with van der Waals surface area (Å²) < 4.78 is 9.15. The van der Waals surface area contributed by atoms with Crippen LogP contribution in [0.3, 0.4) is 0 Å². The number of halogens is 1. The first-order valence-electron chi connectivity index (χ1n) is 6.49. The molecule has 0 fully saturated rings. The molecule has 0 aliphatic carbocycles. The molecule has 0 spiro atoms. The Balaban J connectivity index is 2.15. The van der Waals surface area contributed by atoms with Crippen molar-refractivity contribution in [3.63, 3.8) is 0 Å². The summed E-state index contributed by atoms with van der Waals surface area (Å²) in [6.07, 6.45) is 0.902. The van der Waals surface area contributed by atoms with Crippen LogP contribution in [0.1, 0.15) is 10.4 Å². The van der Waals surface area contributed by atoms with E-state index in [0.717, 1.165) is 0 Å². The van der Waals surface area contributed by atoms with Gasteiger partial charge in [0.2, 0.25) is 0 Å². The van der Waals surface area contributed by atoms with Crippen LogP contribution in [0.5, 0.6) is 0 Å². The molecule has 2 rings (SSSR count). The van der Waals surface area contributed by atoms with Crippen molar-refractivity contribution in [2.45, 2.75) is 0 Å². The highest BCUT2D eigenvalue weighted by Gasteiger charge is 2.09. The van der Waals surface area contributed by atoms with Gasteiger partial charge in [0.25, 0.3) is 0 Å². The average molecular weight is 336 g/mol. The van der Waals surface area contributed by atoms with Gasteiger partial charge in [-0.05, 0) is 30.3 Å². The van der Waals surface area contributed by atoms with Gasteiger partial charge in [-0.3, -0.25) is 5.32 Å². The SMILES string of the molecule is COC(=O)Nc1ccc(Nc2cc(C(=O)OC)ccc2Cl)cn1. The first-order chi connectivity index (χ1) is 11.0. The normalized spacial score (nSPS) is 9.87. The predicted molar refractivity (Wildman–Crippen MR) is 86.3 cm³/mol. The number of benzene rings is 1. The maximum absolute atomic E-state index is 11.5. The fraction of sp³-hybridized carbons (Fsp3) is 0.133. The number of pyridine rings is 1. The minimum atomic E-state index is -0.605. The van der Waals surface area contributed by atoms with Gasteiger partial charge >= 0.3 is 12.1 Å². The van der Waals surface area contributed by atoms with Crippen LogP contribution in [0.4, 0.5) is 22.0 Å². The van der Waals surface area contributed by atoms with Gasteiger partial charge in [-0.15, -0.1) is 0 Å². The summed E-state index contributed by atoms with van der Waals surface area (Å²) >= 11 is 6.10. The Morgan fingerprint density at radius 1 is 1.13 bits per heavy atom. The second-order valence-electron chi connectivity index (χ2n) is 4.36. The molecule has 0 saturated carbocycles. The molecule has 1 aromatic heterocycles. The van der Waals surface area contributed by atoms with E-state index in [1.165, 1.54) is 20.4 Å². The highest BCUT2D eigenvalue weighted by atomic mass is 35.5. The molecule has 1 amide bonds. The Labute approximate surface area is 137 Å². The molecule has 0 bridgehead atoms. The van der Waals surface area contributed by atoms with Crippen LogP contribution >= 0.6 is 11.6 Å². The zero-order chi connectivity index (χ0) is 16.8. The van der Waals surface area contributed by atoms with Crippen molar-refractivity contribution >= 4 is 40.9 Å². The quantitative estimate of drug-likeness (QED) is 0.832. The Bertz CT molecular complexity index is 719. The number of hydrogen-bond donors (Lipinski definition) is 2. The molecule has 0 radical (unpaired) electrons. The Morgan fingerprint density at radius 2 is 1.91 bits per heavy atom. The molecule has 0 atom stereocenters. The molecule has 0 unspecified atom stereocenters. The van der Waals surface area contributed by atoms with E-state index in [4.69, 9.17) is 11.6 Å². The van der Waals surface area contributed by atoms with Gasteiger partial charge < -0.3 is 14.8 Å². The highest BCUT2D eigenvalue weighted by Crippen LogP contribution is 2.27. The largest absolute Gasteiger partial charge is 0.465 e.